The highest BCUT2D eigenvalue weighted by molar-refractivity contribution is 6.13. The summed E-state index contributed by atoms with van der Waals surface area (Å²) in [6, 6.07) is 3.08. The zero-order chi connectivity index (χ0) is 38.6. The van der Waals surface area contributed by atoms with E-state index in [1.165, 1.54) is 20.3 Å². The van der Waals surface area contributed by atoms with Gasteiger partial charge in [-0.05, 0) is 81.4 Å². The number of imide groups is 1. The number of ether oxygens (including phenoxy) is 6. The highest BCUT2D eigenvalue weighted by atomic mass is 16.6. The first-order chi connectivity index (χ1) is 23.1. The normalized spacial score (nSPS) is 12.2. The molecule has 2 N–H and O–H groups in total. The largest absolute Gasteiger partial charge is 0.474 e. The van der Waals surface area contributed by atoms with Crippen LogP contribution in [-0.2, 0) is 18.9 Å². The smallest absolute Gasteiger partial charge is 0.424 e. The molecule has 50 heavy (non-hydrogen) atoms. The van der Waals surface area contributed by atoms with E-state index in [1.807, 2.05) is 20.8 Å². The molecule has 0 aromatic carbocycles. The summed E-state index contributed by atoms with van der Waals surface area (Å²) < 4.78 is 31.6. The number of aryl methyl sites for hydroxylation is 2. The summed E-state index contributed by atoms with van der Waals surface area (Å²) in [5.74, 6) is -0.886. The van der Waals surface area contributed by atoms with E-state index in [-0.39, 0.29) is 40.9 Å². The summed E-state index contributed by atoms with van der Waals surface area (Å²) in [6.07, 6.45) is 2.34. The van der Waals surface area contributed by atoms with Crippen molar-refractivity contribution in [1.82, 2.24) is 9.97 Å². The van der Waals surface area contributed by atoms with Gasteiger partial charge < -0.3 is 34.2 Å². The van der Waals surface area contributed by atoms with Gasteiger partial charge >= 0.3 is 24.1 Å². The first-order valence-electron chi connectivity index (χ1n) is 15.9. The fraction of sp³-hybridized carbons (Fsp3) is 0.500. The van der Waals surface area contributed by atoms with Gasteiger partial charge in [-0.1, -0.05) is 12.2 Å². The van der Waals surface area contributed by atoms with Crippen molar-refractivity contribution in [3.8, 4) is 11.8 Å². The van der Waals surface area contributed by atoms with Gasteiger partial charge in [-0.15, -0.1) is 13.2 Å². The second-order valence-corrected chi connectivity index (χ2v) is 13.2. The first-order valence-corrected chi connectivity index (χ1v) is 15.9. The van der Waals surface area contributed by atoms with Crippen LogP contribution < -0.4 is 20.1 Å². The number of nitrogens with zero attached hydrogens (tertiary/aromatic N) is 3. The molecular weight excluding hydrogens is 648 g/mol. The fourth-order valence-corrected chi connectivity index (χ4v) is 3.95. The predicted molar refractivity (Wildman–Crippen MR) is 190 cm³/mol. The summed E-state index contributed by atoms with van der Waals surface area (Å²) >= 11 is 0. The molecule has 0 aliphatic heterocycles. The van der Waals surface area contributed by atoms with Gasteiger partial charge in [0.1, 0.15) is 23.4 Å². The van der Waals surface area contributed by atoms with Gasteiger partial charge in [0.25, 0.3) is 0 Å². The average Bonchev–Trinajstić information content (AvgIpc) is 2.97. The Morgan fingerprint density at radius 1 is 0.760 bits per heavy atom. The highest BCUT2D eigenvalue weighted by Crippen LogP contribution is 2.30. The second kappa shape index (κ2) is 18.6. The average molecular weight is 701 g/mol. The number of carbonyl (C=O) groups excluding carboxylic acids is 4. The van der Waals surface area contributed by atoms with Crippen LogP contribution in [0.15, 0.2) is 37.4 Å². The molecule has 0 aliphatic rings. The SMILES string of the molecule is C=CC[C@@H](C)Oc1nc(C(=O)OC)c(N(C(=O)OC(C)(C)C)C(=O)OC(C)(C)C)cc1C.C=CC[C@@H](C)Oc1nc(C(=O)OC)c(N)cc1C. The molecule has 0 saturated heterocycles. The Hall–Kier alpha value is -5.14. The lowest BCUT2D eigenvalue weighted by Crippen LogP contribution is -2.44. The molecule has 2 rings (SSSR count). The lowest BCUT2D eigenvalue weighted by Gasteiger charge is -2.29. The van der Waals surface area contributed by atoms with E-state index in [4.69, 9.17) is 29.4 Å². The molecule has 0 aliphatic carbocycles. The number of rotatable bonds is 11. The van der Waals surface area contributed by atoms with Crippen LogP contribution in [-0.4, -0.2) is 71.7 Å². The monoisotopic (exact) mass is 700 g/mol. The maximum atomic E-state index is 13.0. The van der Waals surface area contributed by atoms with E-state index in [9.17, 15) is 19.2 Å². The van der Waals surface area contributed by atoms with Crippen LogP contribution in [0.2, 0.25) is 0 Å². The standard InChI is InChI=1S/C23H34N2O7.C13H18N2O3/c1-11-12-15(3)30-18-14(2)13-16(17(24-18)19(26)29-10)25(20(27)31-22(4,5)6)21(28)32-23(7,8)9;1-5-6-9(3)18-12-8(2)7-10(14)11(15-12)13(16)17-4/h11,13,15H,1,12H2,2-10H3;5,7,9H,1,6,14H2,2-4H3/t15-;9-/m11/s1. The number of aromatic nitrogens is 2. The molecule has 0 spiro atoms. The molecule has 2 heterocycles. The third-order valence-electron chi connectivity index (χ3n) is 6.12. The summed E-state index contributed by atoms with van der Waals surface area (Å²) in [4.78, 5) is 59.0. The fourth-order valence-electron chi connectivity index (χ4n) is 3.95. The van der Waals surface area contributed by atoms with Crippen LogP contribution in [0.25, 0.3) is 0 Å². The number of hydrogen-bond donors (Lipinski definition) is 1. The molecule has 0 saturated carbocycles. The number of methoxy groups -OCH3 is 2. The van der Waals surface area contributed by atoms with Crippen molar-refractivity contribution in [1.29, 1.82) is 0 Å². The molecule has 2 aromatic rings. The van der Waals surface area contributed by atoms with Crippen LogP contribution in [0.4, 0.5) is 21.0 Å². The van der Waals surface area contributed by atoms with Crippen molar-refractivity contribution >= 4 is 35.5 Å². The predicted octanol–water partition coefficient (Wildman–Crippen LogP) is 7.30. The molecule has 14 nitrogen and oxygen atoms in total. The minimum Gasteiger partial charge on any atom is -0.474 e. The van der Waals surface area contributed by atoms with Crippen LogP contribution >= 0.6 is 0 Å². The first kappa shape index (κ1) is 42.9. The van der Waals surface area contributed by atoms with Crippen molar-refractivity contribution in [2.75, 3.05) is 24.9 Å². The number of carbonyl (C=O) groups is 4. The molecule has 0 bridgehead atoms. The Morgan fingerprint density at radius 2 is 1.14 bits per heavy atom. The van der Waals surface area contributed by atoms with Crippen molar-refractivity contribution in [3.05, 3.63) is 60.0 Å². The van der Waals surface area contributed by atoms with E-state index >= 15 is 0 Å². The topological polar surface area (TPSA) is 179 Å². The Kier molecular flexibility index (Phi) is 15.9. The van der Waals surface area contributed by atoms with E-state index in [0.29, 0.717) is 29.2 Å². The van der Waals surface area contributed by atoms with Gasteiger partial charge in [0.15, 0.2) is 11.4 Å². The van der Waals surface area contributed by atoms with Crippen molar-refractivity contribution in [2.45, 2.75) is 105 Å². The maximum absolute atomic E-state index is 13.0. The van der Waals surface area contributed by atoms with Gasteiger partial charge in [0.2, 0.25) is 11.8 Å². The molecule has 0 fully saturated rings. The van der Waals surface area contributed by atoms with Gasteiger partial charge in [-0.3, -0.25) is 0 Å². The van der Waals surface area contributed by atoms with Crippen molar-refractivity contribution in [3.63, 3.8) is 0 Å². The molecule has 0 unspecified atom stereocenters. The van der Waals surface area contributed by atoms with Crippen LogP contribution in [0.1, 0.15) is 100 Å². The minimum atomic E-state index is -1.02. The number of amides is 2. The Balaban J connectivity index is 0.000000585. The van der Waals surface area contributed by atoms with E-state index in [0.717, 1.165) is 5.56 Å². The summed E-state index contributed by atoms with van der Waals surface area (Å²) in [5, 5.41) is 0. The molecule has 276 valence electrons. The number of pyridine rings is 2. The second-order valence-electron chi connectivity index (χ2n) is 13.2. The Bertz CT molecular complexity index is 1510. The van der Waals surface area contributed by atoms with Gasteiger partial charge in [-0.2, -0.15) is 4.90 Å². The molecule has 0 radical (unpaired) electrons. The van der Waals surface area contributed by atoms with E-state index in [2.05, 4.69) is 27.9 Å². The summed E-state index contributed by atoms with van der Waals surface area (Å²) in [6.45, 7) is 24.5. The molecular formula is C36H52N4O10. The van der Waals surface area contributed by atoms with E-state index < -0.39 is 35.3 Å². The summed E-state index contributed by atoms with van der Waals surface area (Å²) in [7, 11) is 2.45. The van der Waals surface area contributed by atoms with Gasteiger partial charge in [0.05, 0.1) is 25.6 Å². The number of nitrogens with two attached hydrogens (primary N) is 1. The Morgan fingerprint density at radius 3 is 1.52 bits per heavy atom. The number of nitrogen functional groups attached to an aromatic ring is 1. The minimum absolute atomic E-state index is 0.0668. The Labute approximate surface area is 294 Å². The van der Waals surface area contributed by atoms with Gasteiger partial charge in [-0.25, -0.2) is 29.1 Å². The van der Waals surface area contributed by atoms with E-state index in [1.54, 1.807) is 66.7 Å². The molecule has 2 aromatic heterocycles. The third kappa shape index (κ3) is 13.4. The van der Waals surface area contributed by atoms with Crippen LogP contribution in [0.5, 0.6) is 11.8 Å². The zero-order valence-corrected chi connectivity index (χ0v) is 31.3. The zero-order valence-electron chi connectivity index (χ0n) is 31.3. The third-order valence-corrected chi connectivity index (χ3v) is 6.12. The number of anilines is 2. The molecule has 14 heteroatoms. The van der Waals surface area contributed by atoms with Crippen molar-refractivity contribution < 1.29 is 47.6 Å². The number of hydrogen-bond acceptors (Lipinski definition) is 13. The lowest BCUT2D eigenvalue weighted by molar-refractivity contribution is 0.0428. The highest BCUT2D eigenvalue weighted by Gasteiger charge is 2.36. The van der Waals surface area contributed by atoms with Gasteiger partial charge in [0, 0.05) is 24.0 Å². The quantitative estimate of drug-likeness (QED) is 0.140. The summed E-state index contributed by atoms with van der Waals surface area (Å²) in [5.41, 5.74) is 5.09. The molecule has 2 atom stereocenters. The number of esters is 2. The van der Waals surface area contributed by atoms with Crippen LogP contribution in [0.3, 0.4) is 0 Å². The van der Waals surface area contributed by atoms with Crippen molar-refractivity contribution in [2.24, 2.45) is 0 Å². The van der Waals surface area contributed by atoms with Crippen LogP contribution in [0, 0.1) is 13.8 Å². The maximum Gasteiger partial charge on any atom is 0.424 e. The molecule has 2 amide bonds. The lowest BCUT2D eigenvalue weighted by atomic mass is 10.2.